The number of hydrogen-bond donors (Lipinski definition) is 1. The molecule has 1 atom stereocenters. The van der Waals surface area contributed by atoms with Crippen LogP contribution in [0, 0.1) is 6.92 Å². The average Bonchev–Trinajstić information content (AvgIpc) is 2.33. The molecule has 1 aromatic rings. The molecule has 0 aromatic heterocycles. The molecule has 0 aliphatic heterocycles. The van der Waals surface area contributed by atoms with Crippen LogP contribution in [0.4, 0.5) is 26.3 Å². The van der Waals surface area contributed by atoms with E-state index in [-0.39, 0.29) is 6.07 Å². The normalized spacial score (nSPS) is 13.9. The van der Waals surface area contributed by atoms with Crippen molar-refractivity contribution in [2.45, 2.75) is 24.8 Å². The van der Waals surface area contributed by atoms with E-state index in [9.17, 15) is 31.1 Å². The Balaban J connectivity index is 3.29. The number of carbonyl (C=O) groups is 1. The smallest absolute Gasteiger partial charge is 0.341 e. The lowest BCUT2D eigenvalue weighted by atomic mass is 10.0. The average molecular weight is 333 g/mol. The van der Waals surface area contributed by atoms with Crippen molar-refractivity contribution in [2.75, 3.05) is 0 Å². The fourth-order valence-electron chi connectivity index (χ4n) is 1.53. The Morgan fingerprint density at radius 1 is 1.24 bits per heavy atom. The third kappa shape index (κ3) is 4.52. The van der Waals surface area contributed by atoms with Crippen LogP contribution in [0.3, 0.4) is 0 Å². The Labute approximate surface area is 121 Å². The van der Waals surface area contributed by atoms with Crippen LogP contribution in [-0.4, -0.2) is 12.1 Å². The van der Waals surface area contributed by atoms with Gasteiger partial charge in [0.05, 0.1) is 10.6 Å². The lowest BCUT2D eigenvalue weighted by molar-refractivity contribution is -0.163. The van der Waals surface area contributed by atoms with Crippen LogP contribution in [0.25, 0.3) is 0 Å². The SMILES string of the molecule is [CH2]CC(=O)NC(c1ccc(Cl)c(C(F)(F)F)c1)C(F)(F)F. The van der Waals surface area contributed by atoms with Gasteiger partial charge < -0.3 is 5.32 Å². The third-order valence-corrected chi connectivity index (χ3v) is 2.82. The molecule has 1 N–H and O–H groups in total. The molecule has 9 heteroatoms. The van der Waals surface area contributed by atoms with Gasteiger partial charge in [0, 0.05) is 6.42 Å². The molecule has 0 fully saturated rings. The highest BCUT2D eigenvalue weighted by atomic mass is 35.5. The van der Waals surface area contributed by atoms with Gasteiger partial charge in [-0.1, -0.05) is 17.7 Å². The number of rotatable bonds is 3. The number of amides is 1. The van der Waals surface area contributed by atoms with E-state index < -0.39 is 46.9 Å². The maximum Gasteiger partial charge on any atom is 0.417 e. The molecule has 0 aliphatic rings. The van der Waals surface area contributed by atoms with Crippen molar-refractivity contribution in [1.82, 2.24) is 5.32 Å². The summed E-state index contributed by atoms with van der Waals surface area (Å²) in [6.07, 6.45) is -10.3. The summed E-state index contributed by atoms with van der Waals surface area (Å²) in [7, 11) is 0. The molecule has 1 unspecified atom stereocenters. The summed E-state index contributed by atoms with van der Waals surface area (Å²) >= 11 is 5.33. The summed E-state index contributed by atoms with van der Waals surface area (Å²) in [6.45, 7) is 3.10. The fraction of sp³-hybridized carbons (Fsp3) is 0.333. The van der Waals surface area contributed by atoms with E-state index in [0.29, 0.717) is 6.07 Å². The van der Waals surface area contributed by atoms with Gasteiger partial charge in [-0.15, -0.1) is 0 Å². The minimum Gasteiger partial charge on any atom is -0.341 e. The molecule has 0 aliphatic carbocycles. The zero-order chi connectivity index (χ0) is 16.4. The summed E-state index contributed by atoms with van der Waals surface area (Å²) < 4.78 is 76.6. The van der Waals surface area contributed by atoms with Gasteiger partial charge in [-0.05, 0) is 24.6 Å². The molecular weight excluding hydrogens is 324 g/mol. The summed E-state index contributed by atoms with van der Waals surface area (Å²) in [4.78, 5) is 11.1. The molecular formula is C12H9ClF6NO. The zero-order valence-electron chi connectivity index (χ0n) is 10.3. The van der Waals surface area contributed by atoms with Gasteiger partial charge in [0.2, 0.25) is 5.91 Å². The van der Waals surface area contributed by atoms with Crippen molar-refractivity contribution in [1.29, 1.82) is 0 Å². The van der Waals surface area contributed by atoms with Crippen LogP contribution in [-0.2, 0) is 11.0 Å². The molecule has 1 amide bonds. The van der Waals surface area contributed by atoms with Crippen LogP contribution < -0.4 is 5.32 Å². The van der Waals surface area contributed by atoms with Gasteiger partial charge in [0.1, 0.15) is 0 Å². The molecule has 0 saturated heterocycles. The quantitative estimate of drug-likeness (QED) is 0.821. The van der Waals surface area contributed by atoms with Crippen LogP contribution >= 0.6 is 11.6 Å². The Bertz CT molecular complexity index is 525. The highest BCUT2D eigenvalue weighted by molar-refractivity contribution is 6.31. The van der Waals surface area contributed by atoms with Crippen molar-refractivity contribution in [3.63, 3.8) is 0 Å². The van der Waals surface area contributed by atoms with Crippen LogP contribution in [0.1, 0.15) is 23.6 Å². The van der Waals surface area contributed by atoms with Gasteiger partial charge in [0.15, 0.2) is 6.04 Å². The number of alkyl halides is 6. The number of halogens is 7. The fourth-order valence-corrected chi connectivity index (χ4v) is 1.75. The molecule has 21 heavy (non-hydrogen) atoms. The van der Waals surface area contributed by atoms with Gasteiger partial charge in [0.25, 0.3) is 0 Å². The number of hydrogen-bond acceptors (Lipinski definition) is 1. The van der Waals surface area contributed by atoms with Gasteiger partial charge >= 0.3 is 12.4 Å². The maximum absolute atomic E-state index is 12.9. The van der Waals surface area contributed by atoms with Crippen molar-refractivity contribution in [3.8, 4) is 0 Å². The van der Waals surface area contributed by atoms with Crippen LogP contribution in [0.2, 0.25) is 5.02 Å². The zero-order valence-corrected chi connectivity index (χ0v) is 11.0. The monoisotopic (exact) mass is 332 g/mol. The van der Waals surface area contributed by atoms with Crippen molar-refractivity contribution >= 4 is 17.5 Å². The maximum atomic E-state index is 12.9. The van der Waals surface area contributed by atoms with Gasteiger partial charge in [-0.2, -0.15) is 26.3 Å². The van der Waals surface area contributed by atoms with Crippen molar-refractivity contribution in [2.24, 2.45) is 0 Å². The van der Waals surface area contributed by atoms with Crippen LogP contribution in [0.15, 0.2) is 18.2 Å². The molecule has 117 valence electrons. The summed E-state index contributed by atoms with van der Waals surface area (Å²) in [5.74, 6) is -1.04. The molecule has 2 nitrogen and oxygen atoms in total. The minimum absolute atomic E-state index is 0.268. The number of benzene rings is 1. The number of nitrogens with one attached hydrogen (secondary N) is 1. The first-order chi connectivity index (χ1) is 9.46. The molecule has 0 spiro atoms. The van der Waals surface area contributed by atoms with Crippen LogP contribution in [0.5, 0.6) is 0 Å². The second-order valence-corrected chi connectivity index (χ2v) is 4.44. The molecule has 0 bridgehead atoms. The predicted molar refractivity (Wildman–Crippen MR) is 63.4 cm³/mol. The lowest BCUT2D eigenvalue weighted by Crippen LogP contribution is -2.38. The Morgan fingerprint density at radius 2 is 1.81 bits per heavy atom. The Morgan fingerprint density at radius 3 is 2.24 bits per heavy atom. The summed E-state index contributed by atoms with van der Waals surface area (Å²) in [5, 5.41) is 0.858. The molecule has 1 aromatic carbocycles. The molecule has 1 rings (SSSR count). The Hall–Kier alpha value is -1.44. The summed E-state index contributed by atoms with van der Waals surface area (Å²) in [6, 6.07) is -0.817. The minimum atomic E-state index is -4.96. The highest BCUT2D eigenvalue weighted by Gasteiger charge is 2.43. The first kappa shape index (κ1) is 17.6. The van der Waals surface area contributed by atoms with E-state index in [1.165, 1.54) is 0 Å². The second-order valence-electron chi connectivity index (χ2n) is 4.03. The van der Waals surface area contributed by atoms with Crippen molar-refractivity contribution < 1.29 is 31.1 Å². The topological polar surface area (TPSA) is 29.1 Å². The molecule has 0 saturated carbocycles. The largest absolute Gasteiger partial charge is 0.417 e. The first-order valence-corrected chi connectivity index (χ1v) is 5.86. The van der Waals surface area contributed by atoms with Gasteiger partial charge in [-0.25, -0.2) is 0 Å². The van der Waals surface area contributed by atoms with Crippen molar-refractivity contribution in [3.05, 3.63) is 41.3 Å². The van der Waals surface area contributed by atoms with E-state index in [1.807, 2.05) is 0 Å². The van der Waals surface area contributed by atoms with E-state index >= 15 is 0 Å². The lowest BCUT2D eigenvalue weighted by Gasteiger charge is -2.23. The first-order valence-electron chi connectivity index (χ1n) is 5.48. The van der Waals surface area contributed by atoms with E-state index in [2.05, 4.69) is 6.92 Å². The standard InChI is InChI=1S/C12H9ClF6NO/c1-2-9(21)20-10(12(17,18)19)6-3-4-8(13)7(5-6)11(14,15)16/h3-5,10H,1-2H2,(H,20,21). The Kier molecular flexibility index (Phi) is 5.14. The predicted octanol–water partition coefficient (Wildman–Crippen LogP) is 4.30. The number of carbonyl (C=O) groups excluding carboxylic acids is 1. The van der Waals surface area contributed by atoms with E-state index in [1.54, 1.807) is 5.32 Å². The highest BCUT2D eigenvalue weighted by Crippen LogP contribution is 2.39. The summed E-state index contributed by atoms with van der Waals surface area (Å²) in [5.41, 5.74) is -2.17. The molecule has 0 heterocycles. The third-order valence-electron chi connectivity index (χ3n) is 2.49. The van der Waals surface area contributed by atoms with E-state index in [4.69, 9.17) is 11.6 Å². The molecule has 1 radical (unpaired) electrons. The van der Waals surface area contributed by atoms with Gasteiger partial charge in [-0.3, -0.25) is 4.79 Å². The van der Waals surface area contributed by atoms with E-state index in [0.717, 1.165) is 6.07 Å². The second kappa shape index (κ2) is 6.13.